The van der Waals surface area contributed by atoms with Crippen LogP contribution in [-0.2, 0) is 16.6 Å². The van der Waals surface area contributed by atoms with Crippen molar-refractivity contribution >= 4 is 26.0 Å². The van der Waals surface area contributed by atoms with Crippen LogP contribution < -0.4 is 9.88 Å². The molecule has 0 radical (unpaired) electrons. The number of benzene rings is 1. The molecule has 0 aliphatic carbocycles. The molecule has 106 valence electrons. The number of rotatable bonds is 4. The number of halogens is 1. The molecule has 0 aliphatic heterocycles. The molecule has 0 saturated heterocycles. The monoisotopic (exact) mass is 356 g/mol. The second kappa shape index (κ2) is 5.90. The van der Waals surface area contributed by atoms with Gasteiger partial charge in [0.05, 0.1) is 4.90 Å². The smallest absolute Gasteiger partial charge is 0.238 e. The molecule has 0 atom stereocenters. The molecular weight excluding hydrogens is 344 g/mol. The summed E-state index contributed by atoms with van der Waals surface area (Å²) in [4.78, 5) is 4.14. The molecule has 2 aromatic rings. The van der Waals surface area contributed by atoms with Crippen LogP contribution in [0.15, 0.2) is 46.0 Å². The number of sulfonamides is 1. The van der Waals surface area contributed by atoms with Gasteiger partial charge < -0.3 is 4.74 Å². The van der Waals surface area contributed by atoms with E-state index in [2.05, 4.69) is 20.9 Å². The number of primary sulfonamides is 1. The van der Waals surface area contributed by atoms with Gasteiger partial charge in [-0.3, -0.25) is 4.98 Å². The van der Waals surface area contributed by atoms with Crippen molar-refractivity contribution in [1.29, 1.82) is 0 Å². The number of hydrogen-bond acceptors (Lipinski definition) is 4. The van der Waals surface area contributed by atoms with Crippen molar-refractivity contribution in [1.82, 2.24) is 4.98 Å². The molecule has 0 aliphatic rings. The number of pyridine rings is 1. The van der Waals surface area contributed by atoms with Crippen LogP contribution in [0.3, 0.4) is 0 Å². The first kappa shape index (κ1) is 15.0. The first-order chi connectivity index (χ1) is 9.36. The molecule has 7 heteroatoms. The van der Waals surface area contributed by atoms with Crippen LogP contribution in [0.2, 0.25) is 0 Å². The molecule has 20 heavy (non-hydrogen) atoms. The summed E-state index contributed by atoms with van der Waals surface area (Å²) in [7, 11) is -3.69. The predicted octanol–water partition coefficient (Wildman–Crippen LogP) is 2.38. The van der Waals surface area contributed by atoms with Gasteiger partial charge in [-0.05, 0) is 52.7 Å². The zero-order chi connectivity index (χ0) is 14.8. The summed E-state index contributed by atoms with van der Waals surface area (Å²) in [5, 5.41) is 5.11. The third-order valence-corrected chi connectivity index (χ3v) is 4.12. The van der Waals surface area contributed by atoms with Gasteiger partial charge in [-0.1, -0.05) is 0 Å². The number of ether oxygens (including phenoxy) is 1. The summed E-state index contributed by atoms with van der Waals surface area (Å²) in [5.74, 6) is 0.579. The highest BCUT2D eigenvalue weighted by Gasteiger charge is 2.11. The van der Waals surface area contributed by atoms with Gasteiger partial charge in [0.2, 0.25) is 10.0 Å². The lowest BCUT2D eigenvalue weighted by atomic mass is 10.2. The van der Waals surface area contributed by atoms with E-state index in [0.717, 1.165) is 10.0 Å². The number of hydrogen-bond donors (Lipinski definition) is 1. The van der Waals surface area contributed by atoms with Gasteiger partial charge in [0.15, 0.2) is 0 Å². The number of nitrogens with zero attached hydrogens (tertiary/aromatic N) is 1. The fraction of sp³-hybridized carbons (Fsp3) is 0.154. The van der Waals surface area contributed by atoms with E-state index in [1.807, 2.05) is 6.07 Å². The zero-order valence-electron chi connectivity index (χ0n) is 10.7. The standard InChI is InChI=1S/C13H13BrN2O3S/c1-9-4-12(2-3-13(9)20(15,17)18)19-8-10-5-11(14)7-16-6-10/h2-7H,8H2,1H3,(H2,15,17,18). The Hall–Kier alpha value is -1.44. The maximum atomic E-state index is 11.3. The summed E-state index contributed by atoms with van der Waals surface area (Å²) in [6.07, 6.45) is 3.39. The van der Waals surface area contributed by atoms with Gasteiger partial charge in [-0.15, -0.1) is 0 Å². The predicted molar refractivity (Wildman–Crippen MR) is 78.8 cm³/mol. The molecule has 5 nitrogen and oxygen atoms in total. The Labute approximate surface area is 126 Å². The molecule has 2 rings (SSSR count). The molecule has 0 spiro atoms. The van der Waals surface area contributed by atoms with Gasteiger partial charge in [0, 0.05) is 22.4 Å². The molecule has 0 fully saturated rings. The van der Waals surface area contributed by atoms with E-state index >= 15 is 0 Å². The molecule has 0 amide bonds. The molecule has 1 aromatic heterocycles. The minimum absolute atomic E-state index is 0.106. The van der Waals surface area contributed by atoms with E-state index in [9.17, 15) is 8.42 Å². The Bertz CT molecular complexity index is 732. The van der Waals surface area contributed by atoms with Crippen molar-refractivity contribution < 1.29 is 13.2 Å². The third-order valence-electron chi connectivity index (χ3n) is 2.62. The van der Waals surface area contributed by atoms with Crippen molar-refractivity contribution in [3.8, 4) is 5.75 Å². The second-order valence-corrected chi connectivity index (χ2v) is 6.72. The van der Waals surface area contributed by atoms with E-state index in [1.54, 1.807) is 31.5 Å². The highest BCUT2D eigenvalue weighted by atomic mass is 79.9. The Balaban J connectivity index is 2.14. The molecule has 1 heterocycles. The minimum atomic E-state index is -3.69. The van der Waals surface area contributed by atoms with Crippen LogP contribution in [0.4, 0.5) is 0 Å². The average Bonchev–Trinajstić information content (AvgIpc) is 2.35. The van der Waals surface area contributed by atoms with E-state index in [1.165, 1.54) is 6.07 Å². The van der Waals surface area contributed by atoms with Crippen LogP contribution in [0.1, 0.15) is 11.1 Å². The van der Waals surface area contributed by atoms with Gasteiger partial charge in [-0.2, -0.15) is 0 Å². The van der Waals surface area contributed by atoms with Crippen LogP contribution in [0.5, 0.6) is 5.75 Å². The van der Waals surface area contributed by atoms with E-state index in [0.29, 0.717) is 17.9 Å². The van der Waals surface area contributed by atoms with Gasteiger partial charge in [0.1, 0.15) is 12.4 Å². The van der Waals surface area contributed by atoms with Crippen molar-refractivity contribution in [2.24, 2.45) is 5.14 Å². The lowest BCUT2D eigenvalue weighted by Gasteiger charge is -2.09. The lowest BCUT2D eigenvalue weighted by Crippen LogP contribution is -2.13. The summed E-state index contributed by atoms with van der Waals surface area (Å²) in [6.45, 7) is 2.02. The maximum absolute atomic E-state index is 11.3. The largest absolute Gasteiger partial charge is 0.489 e. The van der Waals surface area contributed by atoms with Crippen LogP contribution in [0, 0.1) is 6.92 Å². The topological polar surface area (TPSA) is 82.3 Å². The summed E-state index contributed by atoms with van der Waals surface area (Å²) >= 11 is 3.33. The SMILES string of the molecule is Cc1cc(OCc2cncc(Br)c2)ccc1S(N)(=O)=O. The van der Waals surface area contributed by atoms with E-state index in [-0.39, 0.29) is 4.90 Å². The Morgan fingerprint density at radius 3 is 2.65 bits per heavy atom. The van der Waals surface area contributed by atoms with Crippen LogP contribution in [0.25, 0.3) is 0 Å². The Morgan fingerprint density at radius 2 is 2.05 bits per heavy atom. The van der Waals surface area contributed by atoms with Crippen molar-refractivity contribution in [3.05, 3.63) is 52.3 Å². The summed E-state index contributed by atoms with van der Waals surface area (Å²) in [6, 6.07) is 6.57. The van der Waals surface area contributed by atoms with Gasteiger partial charge in [0.25, 0.3) is 0 Å². The molecular formula is C13H13BrN2O3S. The highest BCUT2D eigenvalue weighted by molar-refractivity contribution is 9.10. The average molecular weight is 357 g/mol. The first-order valence-corrected chi connectivity index (χ1v) is 8.06. The van der Waals surface area contributed by atoms with Crippen molar-refractivity contribution in [3.63, 3.8) is 0 Å². The van der Waals surface area contributed by atoms with Crippen molar-refractivity contribution in [2.75, 3.05) is 0 Å². The molecule has 0 saturated carbocycles. The quantitative estimate of drug-likeness (QED) is 0.911. The summed E-state index contributed by atoms with van der Waals surface area (Å²) < 4.78 is 29.1. The highest BCUT2D eigenvalue weighted by Crippen LogP contribution is 2.21. The number of aryl methyl sites for hydroxylation is 1. The fourth-order valence-corrected chi connectivity index (χ4v) is 2.91. The molecule has 0 bridgehead atoms. The zero-order valence-corrected chi connectivity index (χ0v) is 13.1. The molecule has 1 aromatic carbocycles. The van der Waals surface area contributed by atoms with Crippen LogP contribution in [-0.4, -0.2) is 13.4 Å². The Kier molecular flexibility index (Phi) is 4.42. The normalized spacial score (nSPS) is 11.3. The van der Waals surface area contributed by atoms with Crippen LogP contribution >= 0.6 is 15.9 Å². The van der Waals surface area contributed by atoms with Gasteiger partial charge in [-0.25, -0.2) is 13.6 Å². The lowest BCUT2D eigenvalue weighted by molar-refractivity contribution is 0.305. The van der Waals surface area contributed by atoms with E-state index < -0.39 is 10.0 Å². The third kappa shape index (κ3) is 3.78. The Morgan fingerprint density at radius 1 is 1.30 bits per heavy atom. The summed E-state index contributed by atoms with van der Waals surface area (Å²) in [5.41, 5.74) is 1.46. The molecule has 0 unspecified atom stereocenters. The maximum Gasteiger partial charge on any atom is 0.238 e. The minimum Gasteiger partial charge on any atom is -0.489 e. The second-order valence-electron chi connectivity index (χ2n) is 4.27. The van der Waals surface area contributed by atoms with Crippen molar-refractivity contribution in [2.45, 2.75) is 18.4 Å². The fourth-order valence-electron chi connectivity index (χ4n) is 1.73. The van der Waals surface area contributed by atoms with E-state index in [4.69, 9.17) is 9.88 Å². The number of nitrogens with two attached hydrogens (primary N) is 1. The van der Waals surface area contributed by atoms with Gasteiger partial charge >= 0.3 is 0 Å². The number of aromatic nitrogens is 1. The molecule has 2 N–H and O–H groups in total. The first-order valence-electron chi connectivity index (χ1n) is 5.72.